The first kappa shape index (κ1) is 12.3. The van der Waals surface area contributed by atoms with Gasteiger partial charge in [-0.2, -0.15) is 0 Å². The zero-order chi connectivity index (χ0) is 14.1. The van der Waals surface area contributed by atoms with Crippen LogP contribution in [0.2, 0.25) is 0 Å². The summed E-state index contributed by atoms with van der Waals surface area (Å²) in [4.78, 5) is 15.2. The van der Waals surface area contributed by atoms with Crippen molar-refractivity contribution < 1.29 is 9.90 Å². The quantitative estimate of drug-likeness (QED) is 0.665. The monoisotopic (exact) mass is 266 g/mol. The molecule has 4 heteroatoms. The number of phenolic OH excluding ortho intramolecular Hbond substituents is 1. The fraction of sp³-hybridized carbons (Fsp3) is 0.0625. The number of amides is 1. The summed E-state index contributed by atoms with van der Waals surface area (Å²) in [6.07, 6.45) is 1.84. The lowest BCUT2D eigenvalue weighted by Crippen LogP contribution is -2.11. The molecule has 3 aromatic rings. The van der Waals surface area contributed by atoms with Crippen molar-refractivity contribution in [3.8, 4) is 5.75 Å². The van der Waals surface area contributed by atoms with Crippen LogP contribution in [0.1, 0.15) is 15.9 Å². The van der Waals surface area contributed by atoms with E-state index in [0.29, 0.717) is 11.3 Å². The van der Waals surface area contributed by atoms with Crippen LogP contribution in [0.25, 0.3) is 10.9 Å². The van der Waals surface area contributed by atoms with Crippen molar-refractivity contribution in [2.45, 2.75) is 6.92 Å². The number of phenols is 1. The molecule has 1 heterocycles. The minimum atomic E-state index is -0.204. The number of aromatic hydroxyl groups is 1. The molecule has 1 aromatic heterocycles. The summed E-state index contributed by atoms with van der Waals surface area (Å²) >= 11 is 0. The number of aromatic amines is 1. The molecule has 0 atom stereocenters. The molecule has 4 nitrogen and oxygen atoms in total. The molecular weight excluding hydrogens is 252 g/mol. The minimum Gasteiger partial charge on any atom is -0.508 e. The van der Waals surface area contributed by atoms with Gasteiger partial charge in [-0.25, -0.2) is 0 Å². The van der Waals surface area contributed by atoms with Gasteiger partial charge in [-0.15, -0.1) is 0 Å². The van der Waals surface area contributed by atoms with E-state index in [0.717, 1.165) is 16.5 Å². The Hall–Kier alpha value is -2.75. The van der Waals surface area contributed by atoms with Gasteiger partial charge in [-0.3, -0.25) is 4.79 Å². The molecule has 0 spiro atoms. The van der Waals surface area contributed by atoms with Crippen molar-refractivity contribution in [1.29, 1.82) is 0 Å². The van der Waals surface area contributed by atoms with Crippen LogP contribution in [0.4, 0.5) is 5.69 Å². The number of fused-ring (bicyclic) bond motifs is 1. The standard InChI is InChI=1S/C16H14N2O2/c1-10-2-5-13(9-15(10)19)18-16(20)12-4-3-11-6-7-17-14(11)8-12/h2-9,17,19H,1H3,(H,18,20). The van der Waals surface area contributed by atoms with E-state index in [2.05, 4.69) is 10.3 Å². The molecule has 100 valence electrons. The third-order valence-electron chi connectivity index (χ3n) is 3.28. The maximum Gasteiger partial charge on any atom is 0.255 e. The molecule has 3 rings (SSSR count). The average Bonchev–Trinajstić information content (AvgIpc) is 2.90. The maximum absolute atomic E-state index is 12.2. The van der Waals surface area contributed by atoms with Gasteiger partial charge in [0.05, 0.1) is 0 Å². The normalized spacial score (nSPS) is 10.7. The van der Waals surface area contributed by atoms with E-state index in [1.165, 1.54) is 0 Å². The molecule has 2 aromatic carbocycles. The van der Waals surface area contributed by atoms with Gasteiger partial charge in [0.15, 0.2) is 0 Å². The molecule has 0 aliphatic rings. The highest BCUT2D eigenvalue weighted by Crippen LogP contribution is 2.22. The van der Waals surface area contributed by atoms with Crippen molar-refractivity contribution in [2.24, 2.45) is 0 Å². The first-order valence-corrected chi connectivity index (χ1v) is 6.31. The van der Waals surface area contributed by atoms with Crippen molar-refractivity contribution in [3.05, 3.63) is 59.8 Å². The second-order valence-electron chi connectivity index (χ2n) is 4.74. The zero-order valence-electron chi connectivity index (χ0n) is 11.0. The number of H-pyrrole nitrogens is 1. The molecule has 0 bridgehead atoms. The molecule has 3 N–H and O–H groups in total. The van der Waals surface area contributed by atoms with Gasteiger partial charge < -0.3 is 15.4 Å². The van der Waals surface area contributed by atoms with Crippen LogP contribution in [0, 0.1) is 6.92 Å². The Morgan fingerprint density at radius 1 is 1.15 bits per heavy atom. The van der Waals surface area contributed by atoms with Crippen LogP contribution in [0.3, 0.4) is 0 Å². The second kappa shape index (κ2) is 4.74. The summed E-state index contributed by atoms with van der Waals surface area (Å²) in [7, 11) is 0. The van der Waals surface area contributed by atoms with Gasteiger partial charge in [0.25, 0.3) is 5.91 Å². The van der Waals surface area contributed by atoms with Crippen LogP contribution in [-0.4, -0.2) is 16.0 Å². The summed E-state index contributed by atoms with van der Waals surface area (Å²) in [6.45, 7) is 1.81. The lowest BCUT2D eigenvalue weighted by Gasteiger charge is -2.07. The third kappa shape index (κ3) is 2.23. The lowest BCUT2D eigenvalue weighted by atomic mass is 10.1. The average molecular weight is 266 g/mol. The van der Waals surface area contributed by atoms with Crippen molar-refractivity contribution in [1.82, 2.24) is 4.98 Å². The Kier molecular flexibility index (Phi) is 2.91. The van der Waals surface area contributed by atoms with E-state index in [1.54, 1.807) is 37.3 Å². The smallest absolute Gasteiger partial charge is 0.255 e. The van der Waals surface area contributed by atoms with E-state index in [4.69, 9.17) is 0 Å². The molecule has 0 radical (unpaired) electrons. The van der Waals surface area contributed by atoms with Crippen LogP contribution in [0.5, 0.6) is 5.75 Å². The summed E-state index contributed by atoms with van der Waals surface area (Å²) in [6, 6.07) is 12.5. The first-order valence-electron chi connectivity index (χ1n) is 6.31. The summed E-state index contributed by atoms with van der Waals surface area (Å²) in [5.74, 6) is -0.0348. The minimum absolute atomic E-state index is 0.169. The van der Waals surface area contributed by atoms with Gasteiger partial charge in [-0.1, -0.05) is 12.1 Å². The highest BCUT2D eigenvalue weighted by atomic mass is 16.3. The Morgan fingerprint density at radius 2 is 2.00 bits per heavy atom. The fourth-order valence-corrected chi connectivity index (χ4v) is 2.08. The van der Waals surface area contributed by atoms with Gasteiger partial charge in [-0.05, 0) is 42.1 Å². The van der Waals surface area contributed by atoms with Crippen LogP contribution in [-0.2, 0) is 0 Å². The number of benzene rings is 2. The number of carbonyl (C=O) groups is 1. The van der Waals surface area contributed by atoms with Crippen LogP contribution >= 0.6 is 0 Å². The molecule has 0 fully saturated rings. The second-order valence-corrected chi connectivity index (χ2v) is 4.74. The molecule has 0 saturated heterocycles. The number of aryl methyl sites for hydroxylation is 1. The highest BCUT2D eigenvalue weighted by Gasteiger charge is 2.08. The zero-order valence-corrected chi connectivity index (χ0v) is 11.0. The number of aromatic nitrogens is 1. The number of rotatable bonds is 2. The maximum atomic E-state index is 12.2. The molecule has 0 saturated carbocycles. The van der Waals surface area contributed by atoms with Crippen molar-refractivity contribution in [2.75, 3.05) is 5.32 Å². The summed E-state index contributed by atoms with van der Waals surface area (Å²) < 4.78 is 0. The van der Waals surface area contributed by atoms with E-state index < -0.39 is 0 Å². The van der Waals surface area contributed by atoms with E-state index in [9.17, 15) is 9.90 Å². The highest BCUT2D eigenvalue weighted by molar-refractivity contribution is 6.06. The third-order valence-corrected chi connectivity index (χ3v) is 3.28. The number of anilines is 1. The van der Waals surface area contributed by atoms with Crippen LogP contribution < -0.4 is 5.32 Å². The van der Waals surface area contributed by atoms with Gasteiger partial charge >= 0.3 is 0 Å². The molecular formula is C16H14N2O2. The van der Waals surface area contributed by atoms with Crippen LogP contribution in [0.15, 0.2) is 48.7 Å². The number of hydrogen-bond donors (Lipinski definition) is 3. The largest absolute Gasteiger partial charge is 0.508 e. The first-order chi connectivity index (χ1) is 9.63. The van der Waals surface area contributed by atoms with Crippen molar-refractivity contribution in [3.63, 3.8) is 0 Å². The molecule has 20 heavy (non-hydrogen) atoms. The van der Waals surface area contributed by atoms with E-state index in [-0.39, 0.29) is 11.7 Å². The SMILES string of the molecule is Cc1ccc(NC(=O)c2ccc3cc[nH]c3c2)cc1O. The summed E-state index contributed by atoms with van der Waals surface area (Å²) in [5, 5.41) is 13.5. The number of nitrogens with one attached hydrogen (secondary N) is 2. The van der Waals surface area contributed by atoms with Gasteiger partial charge in [0, 0.05) is 29.0 Å². The van der Waals surface area contributed by atoms with E-state index in [1.807, 2.05) is 18.3 Å². The number of carbonyl (C=O) groups excluding carboxylic acids is 1. The van der Waals surface area contributed by atoms with Gasteiger partial charge in [0.2, 0.25) is 0 Å². The predicted molar refractivity (Wildman–Crippen MR) is 79.1 cm³/mol. The molecule has 1 amide bonds. The van der Waals surface area contributed by atoms with Gasteiger partial charge in [0.1, 0.15) is 5.75 Å². The Morgan fingerprint density at radius 3 is 2.80 bits per heavy atom. The molecule has 0 unspecified atom stereocenters. The molecule has 0 aliphatic heterocycles. The van der Waals surface area contributed by atoms with Crippen molar-refractivity contribution >= 4 is 22.5 Å². The Balaban J connectivity index is 1.86. The lowest BCUT2D eigenvalue weighted by molar-refractivity contribution is 0.102. The fourth-order valence-electron chi connectivity index (χ4n) is 2.08. The number of hydrogen-bond acceptors (Lipinski definition) is 2. The Bertz CT molecular complexity index is 790. The van der Waals surface area contributed by atoms with E-state index >= 15 is 0 Å². The topological polar surface area (TPSA) is 65.1 Å². The molecule has 0 aliphatic carbocycles. The summed E-state index contributed by atoms with van der Waals surface area (Å²) in [5.41, 5.74) is 2.84. The predicted octanol–water partition coefficient (Wildman–Crippen LogP) is 3.43. The Labute approximate surface area is 116 Å².